The molecule has 2 aromatic rings. The maximum atomic E-state index is 14.5. The topological polar surface area (TPSA) is 321 Å². The quantitative estimate of drug-likeness (QED) is 0.0158. The highest BCUT2D eigenvalue weighted by atomic mass is 79.9. The molecule has 3 heterocycles. The van der Waals surface area contributed by atoms with E-state index in [9.17, 15) is 53.1 Å². The van der Waals surface area contributed by atoms with Gasteiger partial charge in [0.05, 0.1) is 43.7 Å². The van der Waals surface area contributed by atoms with Crippen LogP contribution in [0.25, 0.3) is 0 Å². The van der Waals surface area contributed by atoms with E-state index in [0.29, 0.717) is 65.5 Å². The number of ether oxygens (including phenoxy) is 6. The number of anilines is 1. The summed E-state index contributed by atoms with van der Waals surface area (Å²) in [6, 6.07) is 7.43. The number of nitrogens with one attached hydrogen (secondary N) is 3. The molecule has 5 rings (SSSR count). The Bertz CT molecular complexity index is 3090. The van der Waals surface area contributed by atoms with Crippen molar-refractivity contribution in [1.82, 2.24) is 25.8 Å². The number of urea groups is 1. The molecule has 0 aliphatic carbocycles. The van der Waals surface area contributed by atoms with Crippen LogP contribution in [0.4, 0.5) is 15.3 Å². The predicted octanol–water partition coefficient (Wildman–Crippen LogP) is 7.78. The van der Waals surface area contributed by atoms with Gasteiger partial charge in [0.1, 0.15) is 58.7 Å². The van der Waals surface area contributed by atoms with Crippen LogP contribution >= 0.6 is 43.5 Å². The van der Waals surface area contributed by atoms with E-state index in [4.69, 9.17) is 45.8 Å². The van der Waals surface area contributed by atoms with Gasteiger partial charge in [-0.05, 0) is 87.6 Å². The number of amides is 7. The molecule has 7 amide bonds. The monoisotopic (exact) mass is 1480 g/mol. The van der Waals surface area contributed by atoms with Crippen LogP contribution in [-0.2, 0) is 81.5 Å². The van der Waals surface area contributed by atoms with Gasteiger partial charge in [-0.2, -0.15) is 0 Å². The number of epoxide rings is 1. The number of hydrogen-bond acceptors (Lipinski definition) is 17. The molecule has 95 heavy (non-hydrogen) atoms. The molecule has 4 bridgehead atoms. The molecule has 2 fully saturated rings. The number of benzene rings is 2. The fraction of sp³-hybridized carbons (Fsp3) is 0.618. The number of nitrogens with zero attached hydrogens (tertiary/aromatic N) is 3. The van der Waals surface area contributed by atoms with Crippen LogP contribution in [0.1, 0.15) is 129 Å². The first kappa shape index (κ1) is 79.2. The van der Waals surface area contributed by atoms with Crippen molar-refractivity contribution in [3.05, 3.63) is 81.9 Å². The number of nitrogens with two attached hydrogens (primary N) is 1. The summed E-state index contributed by atoms with van der Waals surface area (Å²) in [5, 5.41) is 21.6. The van der Waals surface area contributed by atoms with Gasteiger partial charge in [-0.3, -0.25) is 33.6 Å². The van der Waals surface area contributed by atoms with E-state index in [-0.39, 0.29) is 99.0 Å². The van der Waals surface area contributed by atoms with E-state index >= 15 is 0 Å². The number of allylic oxidation sites excluding steroid dienone is 3. The average molecular weight is 1480 g/mol. The number of primary amides is 1. The van der Waals surface area contributed by atoms with Gasteiger partial charge in [0, 0.05) is 102 Å². The van der Waals surface area contributed by atoms with Gasteiger partial charge in [-0.15, -0.1) is 0 Å². The standard InChI is InChI=1S/C68H96Br2ClN7O17/c1-40(2)49(33-48(79)18-13-12-14-26-73-62(84)47(37-69)38-70)63(85)75-50(19-16-27-74-65(72)87)52(80)31-44-21-23-45(24-22-44)39-92-66(88)76(7)28-25-57(81)77(8)43(5)64(86)94-56-34-58(82)78(9)51-30-46(32-53(90-10)60(51)71)29-41(3)17-15-20-55(91-11)68(89)35-54(93-59(83)36-68)42(4)61-67(56,6)95-61/h15,17,20-24,30,32,40,42-43,47,49-50,54-56,61,89H,12-14,16,18-19,25-29,31,33-39H2,1-11H3,(H,73,84)(H,75,85)(H3,72,74,87)/b20-15+,41-17+/t42-,43+,49+,50+,54+,55-,56+,61+,67+,68-/m1/s1. The first-order valence-electron chi connectivity index (χ1n) is 32.2. The smallest absolute Gasteiger partial charge is 0.409 e. The zero-order valence-corrected chi connectivity index (χ0v) is 60.4. The van der Waals surface area contributed by atoms with Gasteiger partial charge >= 0.3 is 24.1 Å². The number of alkyl halides is 2. The molecule has 0 saturated carbocycles. The van der Waals surface area contributed by atoms with E-state index < -0.39 is 108 Å². The summed E-state index contributed by atoms with van der Waals surface area (Å²) in [5.74, 6) is -4.74. The van der Waals surface area contributed by atoms with Crippen LogP contribution in [0.3, 0.4) is 0 Å². The van der Waals surface area contributed by atoms with Crippen LogP contribution in [-0.4, -0.2) is 188 Å². The van der Waals surface area contributed by atoms with Crippen LogP contribution < -0.4 is 31.3 Å². The first-order valence-corrected chi connectivity index (χ1v) is 34.8. The number of carbonyl (C=O) groups is 10. The molecule has 24 nitrogen and oxygen atoms in total. The highest BCUT2D eigenvalue weighted by Crippen LogP contribution is 2.50. The normalized spacial score (nSPS) is 23.1. The fourth-order valence-electron chi connectivity index (χ4n) is 11.6. The highest BCUT2D eigenvalue weighted by Gasteiger charge is 2.64. The molecular formula is C68H96Br2ClN7O17. The van der Waals surface area contributed by atoms with Gasteiger partial charge in [0.2, 0.25) is 23.6 Å². The van der Waals surface area contributed by atoms with Crippen molar-refractivity contribution >= 4 is 108 Å². The van der Waals surface area contributed by atoms with Crippen LogP contribution in [0.5, 0.6) is 5.75 Å². The van der Waals surface area contributed by atoms with E-state index in [1.807, 2.05) is 26.8 Å². The van der Waals surface area contributed by atoms with Crippen LogP contribution in [0.15, 0.2) is 60.2 Å². The molecule has 6 N–H and O–H groups in total. The maximum Gasteiger partial charge on any atom is 0.409 e. The lowest BCUT2D eigenvalue weighted by Gasteiger charge is -2.41. The third-order valence-corrected chi connectivity index (χ3v) is 19.9. The number of aliphatic hydroxyl groups is 1. The number of unbranched alkanes of at least 4 members (excludes halogenated alkanes) is 2. The number of halogens is 3. The molecule has 0 aromatic heterocycles. The van der Waals surface area contributed by atoms with E-state index in [1.165, 1.54) is 57.0 Å². The molecule has 0 radical (unpaired) electrons. The van der Waals surface area contributed by atoms with Crippen LogP contribution in [0, 0.1) is 23.7 Å². The molecule has 27 heteroatoms. The largest absolute Gasteiger partial charge is 0.495 e. The molecule has 2 aromatic carbocycles. The Morgan fingerprint density at radius 2 is 1.60 bits per heavy atom. The second kappa shape index (κ2) is 37.3. The van der Waals surface area contributed by atoms with Gasteiger partial charge in [-0.1, -0.05) is 119 Å². The van der Waals surface area contributed by atoms with Crippen molar-refractivity contribution in [3.63, 3.8) is 0 Å². The first-order chi connectivity index (χ1) is 44.9. The molecule has 2 saturated heterocycles. The summed E-state index contributed by atoms with van der Waals surface area (Å²) < 4.78 is 35.3. The molecular weight excluding hydrogens is 1380 g/mol. The van der Waals surface area contributed by atoms with Gasteiger partial charge < -0.3 is 69.9 Å². The number of hydrogen-bond donors (Lipinski definition) is 5. The number of methoxy groups -OCH3 is 2. The lowest BCUT2D eigenvalue weighted by molar-refractivity contribution is -0.187. The number of Topliss-reactive ketones (excluding diaryl/α,β-unsaturated/α-hetero) is 2. The minimum absolute atomic E-state index is 0.000189. The molecule has 3 aliphatic rings. The Morgan fingerprint density at radius 1 is 0.926 bits per heavy atom. The highest BCUT2D eigenvalue weighted by molar-refractivity contribution is 9.09. The SMILES string of the molecule is COc1cc2cc(c1Cl)N(C)C(=O)C[C@H](OC(=O)[C@H](C)N(C)C(=O)CCN(C)C(=O)OCc1ccc(CC(=O)[C@H](CCCNC(N)=O)NC(=O)[C@@H](CC(=O)CCCCCNC(=O)C(CBr)CBr)C(C)C)cc1)[C@]1(C)O[C@H]1[C@H](C)[C@@H]1C[C@@](O)(CC(=O)O1)[C@H](OC)/C=C/C=C(\C)C2. The number of fused-ring (bicyclic) bond motifs is 5. The van der Waals surface area contributed by atoms with Crippen LogP contribution in [0.2, 0.25) is 5.02 Å². The number of esters is 2. The summed E-state index contributed by atoms with van der Waals surface area (Å²) in [6.45, 7) is 10.9. The summed E-state index contributed by atoms with van der Waals surface area (Å²) in [4.78, 5) is 137. The lowest BCUT2D eigenvalue weighted by Crippen LogP contribution is -2.53. The average Bonchev–Trinajstić information content (AvgIpc) is 1.58. The Morgan fingerprint density at radius 3 is 2.24 bits per heavy atom. The van der Waals surface area contributed by atoms with Crippen molar-refractivity contribution in [2.75, 3.05) is 70.6 Å². The van der Waals surface area contributed by atoms with E-state index in [1.54, 1.807) is 62.4 Å². The molecule has 0 spiro atoms. The Kier molecular flexibility index (Phi) is 31.1. The number of carbonyl (C=O) groups excluding carboxylic acids is 10. The Hall–Kier alpha value is -6.45. The van der Waals surface area contributed by atoms with Crippen molar-refractivity contribution in [1.29, 1.82) is 0 Å². The van der Waals surface area contributed by atoms with E-state index in [0.717, 1.165) is 17.6 Å². The second-order valence-electron chi connectivity index (χ2n) is 25.6. The zero-order chi connectivity index (χ0) is 70.5. The van der Waals surface area contributed by atoms with E-state index in [2.05, 4.69) is 47.8 Å². The minimum Gasteiger partial charge on any atom is -0.495 e. The molecule has 0 unspecified atom stereocenters. The van der Waals surface area contributed by atoms with Gasteiger partial charge in [0.25, 0.3) is 0 Å². The molecule has 10 atom stereocenters. The summed E-state index contributed by atoms with van der Waals surface area (Å²) in [5.41, 5.74) is 5.46. The Balaban J connectivity index is 1.18. The second-order valence-corrected chi connectivity index (χ2v) is 27.3. The number of ketones is 2. The zero-order valence-electron chi connectivity index (χ0n) is 56.4. The maximum absolute atomic E-state index is 14.5. The third-order valence-electron chi connectivity index (χ3n) is 18.0. The lowest BCUT2D eigenvalue weighted by atomic mass is 9.78. The Labute approximate surface area is 579 Å². The number of rotatable bonds is 31. The van der Waals surface area contributed by atoms with Crippen molar-refractivity contribution < 1.29 is 81.5 Å². The van der Waals surface area contributed by atoms with Crippen molar-refractivity contribution in [3.8, 4) is 5.75 Å². The molecule has 526 valence electrons. The number of likely N-dealkylation sites (N-methyl/N-ethyl adjacent to an activating group) is 1. The van der Waals surface area contributed by atoms with Gasteiger partial charge in [-0.25, -0.2) is 14.4 Å². The molecule has 3 aliphatic heterocycles. The summed E-state index contributed by atoms with van der Waals surface area (Å²) in [7, 11) is 7.30. The predicted molar refractivity (Wildman–Crippen MR) is 364 cm³/mol. The van der Waals surface area contributed by atoms with Crippen molar-refractivity contribution in [2.24, 2.45) is 29.4 Å². The summed E-state index contributed by atoms with van der Waals surface area (Å²) >= 11 is 13.5. The van der Waals surface area contributed by atoms with Crippen molar-refractivity contribution in [2.45, 2.75) is 179 Å². The fourth-order valence-corrected chi connectivity index (χ4v) is 13.6. The third kappa shape index (κ3) is 23.1. The summed E-state index contributed by atoms with van der Waals surface area (Å²) in [6.07, 6.45) is 2.95. The van der Waals surface area contributed by atoms with Gasteiger partial charge in [0.15, 0.2) is 5.78 Å². The minimum atomic E-state index is -1.66.